The third kappa shape index (κ3) is 4.85. The maximum absolute atomic E-state index is 12.1. The van der Waals surface area contributed by atoms with Gasteiger partial charge in [0.2, 0.25) is 5.91 Å². The van der Waals surface area contributed by atoms with Crippen molar-refractivity contribution in [3.63, 3.8) is 0 Å². The molecule has 0 radical (unpaired) electrons. The molecule has 4 nitrogen and oxygen atoms in total. The van der Waals surface area contributed by atoms with Gasteiger partial charge in [-0.05, 0) is 44.9 Å². The van der Waals surface area contributed by atoms with Crippen molar-refractivity contribution in [3.05, 3.63) is 29.8 Å². The molecule has 1 amide bonds. The first-order chi connectivity index (χ1) is 9.45. The summed E-state index contributed by atoms with van der Waals surface area (Å²) < 4.78 is 0. The van der Waals surface area contributed by atoms with Crippen LogP contribution in [0, 0.1) is 0 Å². The van der Waals surface area contributed by atoms with Gasteiger partial charge in [-0.1, -0.05) is 19.1 Å². The predicted molar refractivity (Wildman–Crippen MR) is 84.3 cm³/mol. The number of hydrogen-bond acceptors (Lipinski definition) is 3. The number of nitrogen functional groups attached to an aromatic ring is 1. The van der Waals surface area contributed by atoms with Gasteiger partial charge in [-0.3, -0.25) is 9.69 Å². The number of nitrogens with zero attached hydrogens (tertiary/aromatic N) is 1. The lowest BCUT2D eigenvalue weighted by atomic mass is 10.1. The minimum absolute atomic E-state index is 0.0875. The monoisotopic (exact) mass is 277 g/mol. The van der Waals surface area contributed by atoms with Crippen molar-refractivity contribution in [1.29, 1.82) is 0 Å². The van der Waals surface area contributed by atoms with E-state index in [-0.39, 0.29) is 11.9 Å². The molecular formula is C16H27N3O. The Morgan fingerprint density at radius 3 is 2.60 bits per heavy atom. The van der Waals surface area contributed by atoms with Gasteiger partial charge in [-0.2, -0.15) is 0 Å². The molecular weight excluding hydrogens is 250 g/mol. The fourth-order valence-electron chi connectivity index (χ4n) is 2.22. The number of nitrogens with one attached hydrogen (secondary N) is 1. The standard InChI is InChI=1S/C16H27N3O/c1-5-9-18-16(20)13(4)19(12(2)3)11-14-7-6-8-15(17)10-14/h6-8,10,12-13H,5,9,11,17H2,1-4H3,(H,18,20). The number of carbonyl (C=O) groups is 1. The van der Waals surface area contributed by atoms with Crippen molar-refractivity contribution in [2.45, 2.75) is 52.7 Å². The van der Waals surface area contributed by atoms with Crippen LogP contribution in [0.15, 0.2) is 24.3 Å². The van der Waals surface area contributed by atoms with Crippen molar-refractivity contribution in [2.75, 3.05) is 12.3 Å². The van der Waals surface area contributed by atoms with Crippen molar-refractivity contribution < 1.29 is 4.79 Å². The molecule has 1 aromatic rings. The van der Waals surface area contributed by atoms with E-state index in [0.717, 1.165) is 30.8 Å². The fraction of sp³-hybridized carbons (Fsp3) is 0.562. The summed E-state index contributed by atoms with van der Waals surface area (Å²) in [4.78, 5) is 14.3. The molecule has 0 aliphatic carbocycles. The molecule has 0 bridgehead atoms. The zero-order chi connectivity index (χ0) is 15.1. The van der Waals surface area contributed by atoms with Crippen LogP contribution < -0.4 is 11.1 Å². The van der Waals surface area contributed by atoms with Gasteiger partial charge in [0.25, 0.3) is 0 Å². The second-order valence-electron chi connectivity index (χ2n) is 5.48. The highest BCUT2D eigenvalue weighted by Crippen LogP contribution is 2.14. The Labute approximate surface area is 122 Å². The third-order valence-electron chi connectivity index (χ3n) is 3.41. The molecule has 0 heterocycles. The molecule has 0 spiro atoms. The zero-order valence-corrected chi connectivity index (χ0v) is 13.0. The second kappa shape index (κ2) is 7.90. The lowest BCUT2D eigenvalue weighted by Gasteiger charge is -2.32. The molecule has 1 rings (SSSR count). The molecule has 0 saturated heterocycles. The van der Waals surface area contributed by atoms with Crippen LogP contribution in [0.25, 0.3) is 0 Å². The summed E-state index contributed by atoms with van der Waals surface area (Å²) in [6, 6.07) is 7.97. The summed E-state index contributed by atoms with van der Waals surface area (Å²) in [5.41, 5.74) is 7.71. The Balaban J connectivity index is 2.76. The first kappa shape index (κ1) is 16.5. The van der Waals surface area contributed by atoms with Gasteiger partial charge in [-0.25, -0.2) is 0 Å². The van der Waals surface area contributed by atoms with E-state index in [1.54, 1.807) is 0 Å². The van der Waals surface area contributed by atoms with Crippen molar-refractivity contribution in [2.24, 2.45) is 0 Å². The summed E-state index contributed by atoms with van der Waals surface area (Å²) in [6.45, 7) is 9.68. The van der Waals surface area contributed by atoms with Crippen LogP contribution >= 0.6 is 0 Å². The number of amides is 1. The molecule has 20 heavy (non-hydrogen) atoms. The Kier molecular flexibility index (Phi) is 6.52. The molecule has 0 aliphatic heterocycles. The normalized spacial score (nSPS) is 12.7. The minimum atomic E-state index is -0.150. The van der Waals surface area contributed by atoms with Crippen molar-refractivity contribution >= 4 is 11.6 Å². The van der Waals surface area contributed by atoms with Gasteiger partial charge in [0.1, 0.15) is 0 Å². The van der Waals surface area contributed by atoms with Gasteiger partial charge in [0.15, 0.2) is 0 Å². The molecule has 1 aromatic carbocycles. The highest BCUT2D eigenvalue weighted by atomic mass is 16.2. The van der Waals surface area contributed by atoms with E-state index >= 15 is 0 Å². The Hall–Kier alpha value is -1.55. The first-order valence-electron chi connectivity index (χ1n) is 7.33. The molecule has 3 N–H and O–H groups in total. The summed E-state index contributed by atoms with van der Waals surface area (Å²) in [6.07, 6.45) is 0.954. The molecule has 1 atom stereocenters. The van der Waals surface area contributed by atoms with Crippen LogP contribution in [0.3, 0.4) is 0 Å². The average Bonchev–Trinajstić information content (AvgIpc) is 2.41. The van der Waals surface area contributed by atoms with Crippen molar-refractivity contribution in [1.82, 2.24) is 10.2 Å². The lowest BCUT2D eigenvalue weighted by molar-refractivity contribution is -0.126. The van der Waals surface area contributed by atoms with Crippen LogP contribution in [0.2, 0.25) is 0 Å². The van der Waals surface area contributed by atoms with E-state index in [9.17, 15) is 4.79 Å². The molecule has 0 fully saturated rings. The summed E-state index contributed by atoms with van der Waals surface area (Å²) in [5, 5.41) is 2.96. The van der Waals surface area contributed by atoms with Gasteiger partial charge in [0, 0.05) is 24.8 Å². The van der Waals surface area contributed by atoms with Gasteiger partial charge in [0.05, 0.1) is 6.04 Å². The third-order valence-corrected chi connectivity index (χ3v) is 3.41. The van der Waals surface area contributed by atoms with Gasteiger partial charge >= 0.3 is 0 Å². The highest BCUT2D eigenvalue weighted by molar-refractivity contribution is 5.81. The average molecular weight is 277 g/mol. The van der Waals surface area contributed by atoms with Gasteiger partial charge < -0.3 is 11.1 Å². The smallest absolute Gasteiger partial charge is 0.237 e. The quantitative estimate of drug-likeness (QED) is 0.752. The second-order valence-corrected chi connectivity index (χ2v) is 5.48. The Bertz CT molecular complexity index is 431. The Morgan fingerprint density at radius 2 is 2.05 bits per heavy atom. The molecule has 0 aliphatic rings. The van der Waals surface area contributed by atoms with E-state index in [4.69, 9.17) is 5.73 Å². The van der Waals surface area contributed by atoms with Crippen molar-refractivity contribution in [3.8, 4) is 0 Å². The van der Waals surface area contributed by atoms with E-state index in [0.29, 0.717) is 6.04 Å². The largest absolute Gasteiger partial charge is 0.399 e. The van der Waals surface area contributed by atoms with Crippen LogP contribution in [0.5, 0.6) is 0 Å². The molecule has 112 valence electrons. The topological polar surface area (TPSA) is 58.4 Å². The fourth-order valence-corrected chi connectivity index (χ4v) is 2.22. The molecule has 4 heteroatoms. The number of hydrogen-bond donors (Lipinski definition) is 2. The Morgan fingerprint density at radius 1 is 1.35 bits per heavy atom. The number of benzene rings is 1. The summed E-state index contributed by atoms with van der Waals surface area (Å²) >= 11 is 0. The number of rotatable bonds is 7. The predicted octanol–water partition coefficient (Wildman–Crippen LogP) is 2.39. The van der Waals surface area contributed by atoms with E-state index < -0.39 is 0 Å². The van der Waals surface area contributed by atoms with Crippen LogP contribution in [-0.4, -0.2) is 29.4 Å². The van der Waals surface area contributed by atoms with E-state index in [1.165, 1.54) is 0 Å². The minimum Gasteiger partial charge on any atom is -0.399 e. The lowest BCUT2D eigenvalue weighted by Crippen LogP contribution is -2.47. The maximum atomic E-state index is 12.1. The van der Waals surface area contributed by atoms with Crippen LogP contribution in [0.1, 0.15) is 39.7 Å². The van der Waals surface area contributed by atoms with E-state index in [1.807, 2.05) is 31.2 Å². The SMILES string of the molecule is CCCNC(=O)C(C)N(Cc1cccc(N)c1)C(C)C. The number of nitrogens with two attached hydrogens (primary N) is 1. The molecule has 1 unspecified atom stereocenters. The van der Waals surface area contributed by atoms with E-state index in [2.05, 4.69) is 31.0 Å². The van der Waals surface area contributed by atoms with Crippen LogP contribution in [-0.2, 0) is 11.3 Å². The zero-order valence-electron chi connectivity index (χ0n) is 13.0. The number of anilines is 1. The summed E-state index contributed by atoms with van der Waals surface area (Å²) in [7, 11) is 0. The summed E-state index contributed by atoms with van der Waals surface area (Å²) in [5.74, 6) is 0.0875. The number of carbonyl (C=O) groups excluding carboxylic acids is 1. The van der Waals surface area contributed by atoms with Gasteiger partial charge in [-0.15, -0.1) is 0 Å². The highest BCUT2D eigenvalue weighted by Gasteiger charge is 2.23. The van der Waals surface area contributed by atoms with Crippen LogP contribution in [0.4, 0.5) is 5.69 Å². The maximum Gasteiger partial charge on any atom is 0.237 e. The molecule has 0 aromatic heterocycles. The first-order valence-corrected chi connectivity index (χ1v) is 7.33. The molecule has 0 saturated carbocycles.